The molecule has 0 bridgehead atoms. The van der Waals surface area contributed by atoms with Crippen LogP contribution in [0.4, 0.5) is 0 Å². The minimum Gasteiger partial charge on any atom is -0.310 e. The Hall–Kier alpha value is -1.49. The molecule has 5 nitrogen and oxygen atoms in total. The summed E-state index contributed by atoms with van der Waals surface area (Å²) in [4.78, 5) is 18.9. The van der Waals surface area contributed by atoms with Crippen LogP contribution in [-0.4, -0.2) is 21.1 Å². The summed E-state index contributed by atoms with van der Waals surface area (Å²) in [5.74, 6) is 0.449. The van der Waals surface area contributed by atoms with Crippen molar-refractivity contribution in [2.45, 2.75) is 19.8 Å². The van der Waals surface area contributed by atoms with Gasteiger partial charge in [-0.1, -0.05) is 13.8 Å². The largest absolute Gasteiger partial charge is 0.317 e. The normalized spacial score (nSPS) is 10.2. The van der Waals surface area contributed by atoms with Crippen LogP contribution >= 0.6 is 0 Å². The molecule has 0 aliphatic heterocycles. The van der Waals surface area contributed by atoms with Crippen LogP contribution in [0.1, 0.15) is 35.9 Å². The lowest BCUT2D eigenvalue weighted by Crippen LogP contribution is -2.19. The number of nitrogens with one attached hydrogen (secondary N) is 1. The fourth-order valence-electron chi connectivity index (χ4n) is 0.826. The lowest BCUT2D eigenvalue weighted by molar-refractivity contribution is 0.0705. The topological polar surface area (TPSA) is 77.8 Å². The Labute approximate surface area is 75.8 Å². The quantitative estimate of drug-likeness (QED) is 0.515. The van der Waals surface area contributed by atoms with Crippen LogP contribution in [-0.2, 0) is 0 Å². The van der Waals surface area contributed by atoms with Crippen molar-refractivity contribution < 1.29 is 10.0 Å². The fraction of sp³-hybridized carbons (Fsp3) is 0.375. The molecule has 13 heavy (non-hydrogen) atoms. The highest BCUT2D eigenvalue weighted by Crippen LogP contribution is 2.07. The van der Waals surface area contributed by atoms with Crippen molar-refractivity contribution in [3.05, 3.63) is 23.8 Å². The van der Waals surface area contributed by atoms with Gasteiger partial charge in [-0.2, -0.15) is 0 Å². The van der Waals surface area contributed by atoms with Crippen molar-refractivity contribution in [2.75, 3.05) is 0 Å². The van der Waals surface area contributed by atoms with Crippen LogP contribution in [0.15, 0.2) is 12.4 Å². The summed E-state index contributed by atoms with van der Waals surface area (Å²) >= 11 is 0. The van der Waals surface area contributed by atoms with Crippen molar-refractivity contribution in [3.63, 3.8) is 0 Å². The first kappa shape index (κ1) is 9.60. The molecular weight excluding hydrogens is 170 g/mol. The minimum absolute atomic E-state index is 0.244. The number of hydrogen-bond acceptors (Lipinski definition) is 3. The molecule has 0 fully saturated rings. The van der Waals surface area contributed by atoms with Gasteiger partial charge in [-0.3, -0.25) is 4.79 Å². The van der Waals surface area contributed by atoms with Crippen LogP contribution in [0.2, 0.25) is 0 Å². The predicted molar refractivity (Wildman–Crippen MR) is 47.2 cm³/mol. The van der Waals surface area contributed by atoms with Crippen molar-refractivity contribution >= 4 is 5.91 Å². The summed E-state index contributed by atoms with van der Waals surface area (Å²) in [5, 5.41) is 6.63. The molecule has 70 valence electrons. The highest BCUT2D eigenvalue weighted by atomic mass is 16.5. The lowest BCUT2D eigenvalue weighted by Gasteiger charge is -2.02. The summed E-state index contributed by atoms with van der Waals surface area (Å²) in [6.07, 6.45) is 2.85. The number of rotatable bonds is 2. The molecule has 0 saturated carbocycles. The molecular formula is C8H12N3O2+. The number of carbonyl (C=O) groups is 1. The standard InChI is InChI=1S/C8H11N3O2/c1-5(2)7-9-3-6(4-10-7)8(12)11-13/h3-5,13H,1-2H3,(H,11,12)/p+1. The van der Waals surface area contributed by atoms with E-state index in [2.05, 4.69) is 9.97 Å². The molecule has 1 heterocycles. The molecule has 0 aliphatic carbocycles. The van der Waals surface area contributed by atoms with Gasteiger partial charge in [0.15, 0.2) is 0 Å². The highest BCUT2D eigenvalue weighted by Gasteiger charge is 2.08. The van der Waals surface area contributed by atoms with Gasteiger partial charge >= 0.3 is 5.91 Å². The third-order valence-corrected chi connectivity index (χ3v) is 1.56. The van der Waals surface area contributed by atoms with Crippen LogP contribution in [0, 0.1) is 0 Å². The monoisotopic (exact) mass is 182 g/mol. The highest BCUT2D eigenvalue weighted by molar-refractivity contribution is 5.92. The maximum Gasteiger partial charge on any atom is 0.317 e. The first-order chi connectivity index (χ1) is 6.15. The SMILES string of the molecule is CC(C)c1ncc(C(=O)N[OH2+])cn1. The van der Waals surface area contributed by atoms with Crippen molar-refractivity contribution in [3.8, 4) is 0 Å². The first-order valence-electron chi connectivity index (χ1n) is 3.94. The molecule has 5 heteroatoms. The summed E-state index contributed by atoms with van der Waals surface area (Å²) in [5.41, 5.74) is 2.07. The van der Waals surface area contributed by atoms with E-state index >= 15 is 0 Å². The van der Waals surface area contributed by atoms with Crippen LogP contribution in [0.5, 0.6) is 0 Å². The number of nitrogens with zero attached hydrogens (tertiary/aromatic N) is 2. The second-order valence-electron chi connectivity index (χ2n) is 2.94. The molecule has 1 aromatic rings. The van der Waals surface area contributed by atoms with Gasteiger partial charge in [-0.25, -0.2) is 9.97 Å². The second kappa shape index (κ2) is 3.95. The molecule has 0 unspecified atom stereocenters. The molecule has 0 atom stereocenters. The Balaban J connectivity index is 2.87. The van der Waals surface area contributed by atoms with E-state index in [1.807, 2.05) is 13.8 Å². The summed E-state index contributed by atoms with van der Waals surface area (Å²) in [6.45, 7) is 3.94. The van der Waals surface area contributed by atoms with E-state index < -0.39 is 5.91 Å². The van der Waals surface area contributed by atoms with E-state index in [0.29, 0.717) is 11.4 Å². The third-order valence-electron chi connectivity index (χ3n) is 1.56. The molecule has 1 rings (SSSR count). The second-order valence-corrected chi connectivity index (χ2v) is 2.94. The van der Waals surface area contributed by atoms with Crippen molar-refractivity contribution in [1.82, 2.24) is 15.4 Å². The number of hydrogen-bond donors (Lipinski definition) is 1. The van der Waals surface area contributed by atoms with E-state index in [0.717, 1.165) is 0 Å². The van der Waals surface area contributed by atoms with Gasteiger partial charge in [0.05, 0.1) is 5.56 Å². The van der Waals surface area contributed by atoms with Crippen LogP contribution < -0.4 is 5.48 Å². The van der Waals surface area contributed by atoms with Crippen LogP contribution in [0.3, 0.4) is 0 Å². The maximum absolute atomic E-state index is 10.9. The maximum atomic E-state index is 10.9. The van der Waals surface area contributed by atoms with E-state index in [1.54, 1.807) is 5.48 Å². The van der Waals surface area contributed by atoms with Crippen molar-refractivity contribution in [2.24, 2.45) is 0 Å². The average Bonchev–Trinajstić information content (AvgIpc) is 2.17. The van der Waals surface area contributed by atoms with E-state index in [9.17, 15) is 4.79 Å². The number of carbonyl (C=O) groups excluding carboxylic acids is 1. The fourth-order valence-corrected chi connectivity index (χ4v) is 0.826. The third kappa shape index (κ3) is 2.22. The minimum atomic E-state index is -0.490. The summed E-state index contributed by atoms with van der Waals surface area (Å²) < 4.78 is 0. The van der Waals surface area contributed by atoms with E-state index in [-0.39, 0.29) is 5.92 Å². The zero-order valence-corrected chi connectivity index (χ0v) is 7.53. The van der Waals surface area contributed by atoms with Gasteiger partial charge < -0.3 is 5.21 Å². The zero-order valence-electron chi connectivity index (χ0n) is 7.53. The van der Waals surface area contributed by atoms with Gasteiger partial charge in [0.1, 0.15) is 5.82 Å². The Morgan fingerprint density at radius 2 is 2.00 bits per heavy atom. The van der Waals surface area contributed by atoms with Gasteiger partial charge in [0.25, 0.3) is 0 Å². The molecule has 1 aromatic heterocycles. The summed E-state index contributed by atoms with van der Waals surface area (Å²) in [7, 11) is 0. The number of hydroxylamine groups is 1. The molecule has 3 N–H and O–H groups in total. The lowest BCUT2D eigenvalue weighted by atomic mass is 10.2. The Morgan fingerprint density at radius 1 is 1.46 bits per heavy atom. The Bertz CT molecular complexity index is 295. The van der Waals surface area contributed by atoms with Gasteiger partial charge in [-0.05, 0) is 0 Å². The van der Waals surface area contributed by atoms with Gasteiger partial charge in [0, 0.05) is 18.3 Å². The number of amides is 1. The molecule has 0 radical (unpaired) electrons. The molecule has 1 amide bonds. The summed E-state index contributed by atoms with van der Waals surface area (Å²) in [6, 6.07) is 0. The average molecular weight is 182 g/mol. The molecule has 0 aromatic carbocycles. The molecule has 0 aliphatic rings. The van der Waals surface area contributed by atoms with E-state index in [1.165, 1.54) is 12.4 Å². The molecule has 0 spiro atoms. The number of aromatic nitrogens is 2. The van der Waals surface area contributed by atoms with Gasteiger partial charge in [0.2, 0.25) is 0 Å². The molecule has 0 saturated heterocycles. The van der Waals surface area contributed by atoms with Gasteiger partial charge in [-0.15, -0.1) is 5.48 Å². The zero-order chi connectivity index (χ0) is 9.84. The predicted octanol–water partition coefficient (Wildman–Crippen LogP) is -0.0306. The van der Waals surface area contributed by atoms with Crippen LogP contribution in [0.25, 0.3) is 0 Å². The van der Waals surface area contributed by atoms with E-state index in [4.69, 9.17) is 5.21 Å². The smallest absolute Gasteiger partial charge is 0.310 e. The Kier molecular flexibility index (Phi) is 2.92. The van der Waals surface area contributed by atoms with Crippen molar-refractivity contribution in [1.29, 1.82) is 0 Å². The first-order valence-corrected chi connectivity index (χ1v) is 3.94. The Morgan fingerprint density at radius 3 is 2.38 bits per heavy atom.